The number of pyridine rings is 1. The standard InChI is InChI=1S/C27H24F4N6O3S/c28-17-3-1-15(2-4-17)25(16-9-18(29)11-19(30)10-16)26(35-36-32)27(38)34-24-13-33-12-23(31)22(24)8-5-20-14-37(20)41(39,40)21-6-7-21/h1-4,9-13,20-21,25-26H,5-8,14H2,(H,34,38)/t20?,25-,26-,37?/m0/s1. The Labute approximate surface area is 232 Å². The number of aromatic nitrogens is 1. The van der Waals surface area contributed by atoms with Gasteiger partial charge in [-0.1, -0.05) is 17.2 Å². The van der Waals surface area contributed by atoms with Gasteiger partial charge in [-0.25, -0.2) is 26.0 Å². The zero-order chi connectivity index (χ0) is 29.3. The molecule has 1 aliphatic carbocycles. The third kappa shape index (κ3) is 6.34. The van der Waals surface area contributed by atoms with E-state index in [4.69, 9.17) is 0 Å². The molecule has 2 aromatic carbocycles. The number of hydrogen-bond donors (Lipinski definition) is 1. The number of carbonyl (C=O) groups excluding carboxylic acids is 1. The molecule has 9 nitrogen and oxygen atoms in total. The Morgan fingerprint density at radius 3 is 2.37 bits per heavy atom. The normalized spacial score (nSPS) is 19.6. The smallest absolute Gasteiger partial charge is 0.234 e. The van der Waals surface area contributed by atoms with E-state index in [0.29, 0.717) is 31.9 Å². The van der Waals surface area contributed by atoms with Gasteiger partial charge >= 0.3 is 0 Å². The van der Waals surface area contributed by atoms with Crippen LogP contribution in [0.1, 0.15) is 41.9 Å². The van der Waals surface area contributed by atoms with Gasteiger partial charge in [0.25, 0.3) is 0 Å². The van der Waals surface area contributed by atoms with Crippen molar-refractivity contribution < 1.29 is 30.8 Å². The van der Waals surface area contributed by atoms with E-state index >= 15 is 0 Å². The van der Waals surface area contributed by atoms with Gasteiger partial charge in [0, 0.05) is 35.0 Å². The van der Waals surface area contributed by atoms with Crippen LogP contribution >= 0.6 is 0 Å². The van der Waals surface area contributed by atoms with E-state index in [1.807, 2.05) is 0 Å². The van der Waals surface area contributed by atoms with E-state index in [2.05, 4.69) is 20.3 Å². The fourth-order valence-electron chi connectivity index (χ4n) is 4.91. The first kappa shape index (κ1) is 28.5. The molecule has 1 saturated carbocycles. The summed E-state index contributed by atoms with van der Waals surface area (Å²) in [5.41, 5.74) is 9.49. The first-order chi connectivity index (χ1) is 19.6. The average molecular weight is 589 g/mol. The maximum Gasteiger partial charge on any atom is 0.234 e. The van der Waals surface area contributed by atoms with E-state index in [1.165, 1.54) is 22.6 Å². The van der Waals surface area contributed by atoms with Gasteiger partial charge in [0.05, 0.1) is 23.3 Å². The van der Waals surface area contributed by atoms with E-state index in [1.54, 1.807) is 0 Å². The summed E-state index contributed by atoms with van der Waals surface area (Å²) in [5.74, 6) is -5.39. The fourth-order valence-corrected chi connectivity index (χ4v) is 6.93. The summed E-state index contributed by atoms with van der Waals surface area (Å²) in [5, 5.41) is 5.76. The topological polar surface area (TPSA) is 128 Å². The van der Waals surface area contributed by atoms with Crippen molar-refractivity contribution in [2.75, 3.05) is 11.9 Å². The molecule has 1 amide bonds. The maximum atomic E-state index is 14.9. The van der Waals surface area contributed by atoms with Gasteiger partial charge < -0.3 is 5.32 Å². The van der Waals surface area contributed by atoms with Gasteiger partial charge in [-0.2, -0.15) is 4.31 Å². The summed E-state index contributed by atoms with van der Waals surface area (Å²) >= 11 is 0. The zero-order valence-electron chi connectivity index (χ0n) is 21.4. The summed E-state index contributed by atoms with van der Waals surface area (Å²) in [6, 6.07) is 5.42. The molecule has 5 rings (SSSR count). The first-order valence-electron chi connectivity index (χ1n) is 12.8. The highest BCUT2D eigenvalue weighted by Crippen LogP contribution is 2.38. The molecule has 1 aliphatic heterocycles. The van der Waals surface area contributed by atoms with Crippen molar-refractivity contribution >= 4 is 21.6 Å². The summed E-state index contributed by atoms with van der Waals surface area (Å²) in [6.07, 6.45) is 3.80. The summed E-state index contributed by atoms with van der Waals surface area (Å²) in [7, 11) is -3.34. The van der Waals surface area contributed by atoms with Crippen LogP contribution < -0.4 is 5.32 Å². The molecular weight excluding hydrogens is 564 g/mol. The van der Waals surface area contributed by atoms with Gasteiger partial charge in [-0.3, -0.25) is 9.78 Å². The summed E-state index contributed by atoms with van der Waals surface area (Å²) < 4.78 is 83.1. The second-order valence-electron chi connectivity index (χ2n) is 10.0. The molecule has 14 heteroatoms. The van der Waals surface area contributed by atoms with Gasteiger partial charge in [0.2, 0.25) is 15.9 Å². The number of halogens is 4. The van der Waals surface area contributed by atoms with Crippen molar-refractivity contribution in [1.82, 2.24) is 9.29 Å². The van der Waals surface area contributed by atoms with Crippen molar-refractivity contribution in [3.8, 4) is 0 Å². The first-order valence-corrected chi connectivity index (χ1v) is 14.3. The number of benzene rings is 2. The van der Waals surface area contributed by atoms with Crippen LogP contribution in [0.5, 0.6) is 0 Å². The van der Waals surface area contributed by atoms with Crippen LogP contribution in [0, 0.1) is 23.3 Å². The van der Waals surface area contributed by atoms with Crippen LogP contribution in [0.3, 0.4) is 0 Å². The lowest BCUT2D eigenvalue weighted by molar-refractivity contribution is -0.117. The second-order valence-corrected chi connectivity index (χ2v) is 12.2. The third-order valence-corrected chi connectivity index (χ3v) is 9.58. The van der Waals surface area contributed by atoms with Crippen LogP contribution in [-0.4, -0.2) is 47.5 Å². The van der Waals surface area contributed by atoms with Crippen molar-refractivity contribution in [2.45, 2.75) is 48.9 Å². The highest BCUT2D eigenvalue weighted by molar-refractivity contribution is 7.90. The molecule has 1 aromatic heterocycles. The number of hydrogen-bond acceptors (Lipinski definition) is 5. The number of rotatable bonds is 11. The molecule has 1 saturated heterocycles. The molecule has 2 heterocycles. The molecule has 41 heavy (non-hydrogen) atoms. The Balaban J connectivity index is 1.41. The maximum absolute atomic E-state index is 14.9. The molecule has 4 atom stereocenters. The number of amides is 1. The molecule has 0 bridgehead atoms. The molecule has 2 fully saturated rings. The Morgan fingerprint density at radius 1 is 1.05 bits per heavy atom. The lowest BCUT2D eigenvalue weighted by Crippen LogP contribution is -2.33. The van der Waals surface area contributed by atoms with Crippen LogP contribution in [0.15, 0.2) is 60.0 Å². The molecule has 3 aromatic rings. The highest BCUT2D eigenvalue weighted by Gasteiger charge is 2.50. The summed E-state index contributed by atoms with van der Waals surface area (Å²) in [4.78, 5) is 20.1. The van der Waals surface area contributed by atoms with Gasteiger partial charge in [-0.15, -0.1) is 0 Å². The van der Waals surface area contributed by atoms with Crippen LogP contribution in [-0.2, 0) is 21.2 Å². The number of anilines is 1. The molecule has 2 unspecified atom stereocenters. The average Bonchev–Trinajstić information content (AvgIpc) is 3.83. The third-order valence-electron chi connectivity index (χ3n) is 7.16. The predicted molar refractivity (Wildman–Crippen MR) is 141 cm³/mol. The predicted octanol–water partition coefficient (Wildman–Crippen LogP) is 5.20. The molecule has 0 radical (unpaired) electrons. The van der Waals surface area contributed by atoms with E-state index in [9.17, 15) is 36.3 Å². The van der Waals surface area contributed by atoms with Crippen molar-refractivity contribution in [3.63, 3.8) is 0 Å². The van der Waals surface area contributed by atoms with Gasteiger partial charge in [-0.05, 0) is 66.6 Å². The van der Waals surface area contributed by atoms with Crippen molar-refractivity contribution in [2.24, 2.45) is 5.11 Å². The number of sulfonamides is 1. The number of azide groups is 1. The lowest BCUT2D eigenvalue weighted by Gasteiger charge is -2.25. The number of carbonyl (C=O) groups is 1. The number of nitrogens with zero attached hydrogens (tertiary/aromatic N) is 5. The van der Waals surface area contributed by atoms with E-state index < -0.39 is 51.2 Å². The van der Waals surface area contributed by atoms with Gasteiger partial charge in [0.15, 0.2) is 0 Å². The van der Waals surface area contributed by atoms with Crippen LogP contribution in [0.25, 0.3) is 10.4 Å². The van der Waals surface area contributed by atoms with E-state index in [-0.39, 0.29) is 40.1 Å². The number of nitrogens with one attached hydrogen (secondary N) is 1. The summed E-state index contributed by atoms with van der Waals surface area (Å²) in [6.45, 7) is 0.343. The molecule has 1 N–H and O–H groups in total. The largest absolute Gasteiger partial charge is 0.324 e. The lowest BCUT2D eigenvalue weighted by atomic mass is 9.84. The Morgan fingerprint density at radius 2 is 1.73 bits per heavy atom. The minimum Gasteiger partial charge on any atom is -0.324 e. The second kappa shape index (κ2) is 11.5. The molecular formula is C27H24F4N6O3S. The SMILES string of the molecule is [N-]=[N+]=N[C@H](C(=O)Nc1cncc(F)c1CCC1CN1S(=O)(=O)C1CC1)[C@@H](c1ccc(F)cc1)c1cc(F)cc(F)c1. The van der Waals surface area contributed by atoms with E-state index in [0.717, 1.165) is 30.5 Å². The molecule has 2 aliphatic rings. The molecule has 214 valence electrons. The van der Waals surface area contributed by atoms with Crippen LogP contribution in [0.2, 0.25) is 0 Å². The van der Waals surface area contributed by atoms with Crippen LogP contribution in [0.4, 0.5) is 23.2 Å². The minimum absolute atomic E-state index is 0.0336. The van der Waals surface area contributed by atoms with Crippen molar-refractivity contribution in [1.29, 1.82) is 0 Å². The zero-order valence-corrected chi connectivity index (χ0v) is 22.2. The quantitative estimate of drug-likeness (QED) is 0.109. The van der Waals surface area contributed by atoms with Crippen molar-refractivity contribution in [3.05, 3.63) is 105 Å². The Bertz CT molecular complexity index is 1610. The monoisotopic (exact) mass is 588 g/mol. The highest BCUT2D eigenvalue weighted by atomic mass is 32.2. The molecule has 0 spiro atoms. The van der Waals surface area contributed by atoms with Gasteiger partial charge in [0.1, 0.15) is 29.3 Å². The Hall–Kier alpha value is -4.00. The fraction of sp³-hybridized carbons (Fsp3) is 0.333. The minimum atomic E-state index is -3.34. The Kier molecular flexibility index (Phi) is 7.98.